The lowest BCUT2D eigenvalue weighted by Gasteiger charge is -2.08. The quantitative estimate of drug-likeness (QED) is 0.831. The van der Waals surface area contributed by atoms with Crippen LogP contribution in [0.2, 0.25) is 0 Å². The summed E-state index contributed by atoms with van der Waals surface area (Å²) in [5.41, 5.74) is 4.21. The van der Waals surface area contributed by atoms with Gasteiger partial charge in [0.05, 0.1) is 11.6 Å². The molecular weight excluding hydrogens is 234 g/mol. The summed E-state index contributed by atoms with van der Waals surface area (Å²) in [6, 6.07) is 13.9. The minimum atomic E-state index is 0.717. The third-order valence-electron chi connectivity index (χ3n) is 3.07. The molecule has 3 heteroatoms. The average Bonchev–Trinajstić information content (AvgIpc) is 2.46. The van der Waals surface area contributed by atoms with Crippen LogP contribution in [-0.2, 0) is 13.0 Å². The highest BCUT2D eigenvalue weighted by molar-refractivity contribution is 5.37. The molecule has 0 atom stereocenters. The second-order valence-electron chi connectivity index (χ2n) is 4.50. The minimum absolute atomic E-state index is 0.717. The van der Waals surface area contributed by atoms with Crippen LogP contribution in [0.4, 0.5) is 0 Å². The molecule has 0 fully saturated rings. The number of hydrogen-bond donors (Lipinski definition) is 1. The van der Waals surface area contributed by atoms with Gasteiger partial charge in [0.2, 0.25) is 0 Å². The summed E-state index contributed by atoms with van der Waals surface area (Å²) < 4.78 is 0. The molecule has 0 unspecified atom stereocenters. The van der Waals surface area contributed by atoms with Crippen LogP contribution < -0.4 is 5.32 Å². The van der Waals surface area contributed by atoms with E-state index >= 15 is 0 Å². The molecule has 0 saturated carbocycles. The van der Waals surface area contributed by atoms with Gasteiger partial charge in [-0.1, -0.05) is 12.1 Å². The van der Waals surface area contributed by atoms with E-state index in [4.69, 9.17) is 5.26 Å². The van der Waals surface area contributed by atoms with Crippen molar-refractivity contribution in [2.75, 3.05) is 6.54 Å². The van der Waals surface area contributed by atoms with Crippen LogP contribution in [0.5, 0.6) is 0 Å². The van der Waals surface area contributed by atoms with Crippen LogP contribution in [0.1, 0.15) is 22.4 Å². The zero-order chi connectivity index (χ0) is 13.5. The Morgan fingerprint density at radius 1 is 1.26 bits per heavy atom. The Morgan fingerprint density at radius 3 is 2.84 bits per heavy atom. The van der Waals surface area contributed by atoms with E-state index in [2.05, 4.69) is 16.4 Å². The fourth-order valence-corrected chi connectivity index (χ4v) is 1.95. The lowest BCUT2D eigenvalue weighted by molar-refractivity contribution is 0.677. The van der Waals surface area contributed by atoms with Crippen LogP contribution in [0, 0.1) is 18.3 Å². The number of hydrogen-bond acceptors (Lipinski definition) is 3. The van der Waals surface area contributed by atoms with Gasteiger partial charge in [-0.3, -0.25) is 4.98 Å². The summed E-state index contributed by atoms with van der Waals surface area (Å²) in [6.45, 7) is 3.76. The summed E-state index contributed by atoms with van der Waals surface area (Å²) in [4.78, 5) is 4.29. The molecule has 96 valence electrons. The van der Waals surface area contributed by atoms with E-state index in [-0.39, 0.29) is 0 Å². The van der Waals surface area contributed by atoms with Crippen molar-refractivity contribution in [3.8, 4) is 6.07 Å². The van der Waals surface area contributed by atoms with Crippen molar-refractivity contribution < 1.29 is 0 Å². The predicted molar refractivity (Wildman–Crippen MR) is 75.5 cm³/mol. The lowest BCUT2D eigenvalue weighted by Crippen LogP contribution is -2.17. The number of nitrogens with zero attached hydrogens (tertiary/aromatic N) is 2. The highest BCUT2D eigenvalue weighted by Crippen LogP contribution is 2.10. The normalized spacial score (nSPS) is 10.1. The van der Waals surface area contributed by atoms with Crippen molar-refractivity contribution in [1.82, 2.24) is 10.3 Å². The van der Waals surface area contributed by atoms with Gasteiger partial charge in [0, 0.05) is 31.4 Å². The maximum atomic E-state index is 8.82. The molecule has 0 bridgehead atoms. The van der Waals surface area contributed by atoms with Crippen LogP contribution in [-0.4, -0.2) is 11.5 Å². The first kappa shape index (κ1) is 13.3. The molecule has 19 heavy (non-hydrogen) atoms. The van der Waals surface area contributed by atoms with Crippen LogP contribution in [0.3, 0.4) is 0 Å². The molecule has 0 aliphatic rings. The third-order valence-corrected chi connectivity index (χ3v) is 3.07. The van der Waals surface area contributed by atoms with Gasteiger partial charge in [-0.25, -0.2) is 0 Å². The van der Waals surface area contributed by atoms with Crippen molar-refractivity contribution in [3.63, 3.8) is 0 Å². The summed E-state index contributed by atoms with van der Waals surface area (Å²) in [6.07, 6.45) is 2.75. The van der Waals surface area contributed by atoms with Crippen LogP contribution in [0.25, 0.3) is 0 Å². The number of rotatable bonds is 5. The molecule has 1 aromatic heterocycles. The van der Waals surface area contributed by atoms with Gasteiger partial charge in [0.15, 0.2) is 0 Å². The van der Waals surface area contributed by atoms with E-state index in [1.807, 2.05) is 49.5 Å². The fourth-order valence-electron chi connectivity index (χ4n) is 1.95. The maximum absolute atomic E-state index is 8.82. The molecule has 0 radical (unpaired) electrons. The Hall–Kier alpha value is -2.18. The van der Waals surface area contributed by atoms with Gasteiger partial charge in [0.25, 0.3) is 0 Å². The predicted octanol–water partition coefficient (Wildman–Crippen LogP) is 2.59. The summed E-state index contributed by atoms with van der Waals surface area (Å²) >= 11 is 0. The van der Waals surface area contributed by atoms with Gasteiger partial charge >= 0.3 is 0 Å². The standard InChI is InChI=1S/C16H17N3/c1-13-10-14(11-17)5-6-15(13)12-18-9-7-16-4-2-3-8-19-16/h2-6,8,10,18H,7,9,12H2,1H3. The van der Waals surface area contributed by atoms with Crippen molar-refractivity contribution in [2.24, 2.45) is 0 Å². The molecule has 0 spiro atoms. The second kappa shape index (κ2) is 6.67. The van der Waals surface area contributed by atoms with Gasteiger partial charge < -0.3 is 5.32 Å². The molecule has 1 heterocycles. The molecule has 0 aliphatic heterocycles. The fraction of sp³-hybridized carbons (Fsp3) is 0.250. The summed E-state index contributed by atoms with van der Waals surface area (Å²) in [5.74, 6) is 0. The molecule has 0 amide bonds. The monoisotopic (exact) mass is 251 g/mol. The molecule has 1 N–H and O–H groups in total. The minimum Gasteiger partial charge on any atom is -0.312 e. The molecule has 3 nitrogen and oxygen atoms in total. The zero-order valence-corrected chi connectivity index (χ0v) is 11.1. The van der Waals surface area contributed by atoms with Crippen LogP contribution in [0.15, 0.2) is 42.6 Å². The van der Waals surface area contributed by atoms with Crippen molar-refractivity contribution in [1.29, 1.82) is 5.26 Å². The molecule has 2 rings (SSSR count). The Balaban J connectivity index is 1.82. The van der Waals surface area contributed by atoms with Crippen molar-refractivity contribution in [2.45, 2.75) is 19.9 Å². The smallest absolute Gasteiger partial charge is 0.0991 e. The van der Waals surface area contributed by atoms with E-state index in [9.17, 15) is 0 Å². The third kappa shape index (κ3) is 3.90. The molecule has 0 saturated heterocycles. The number of pyridine rings is 1. The Morgan fingerprint density at radius 2 is 2.16 bits per heavy atom. The first-order valence-electron chi connectivity index (χ1n) is 6.40. The largest absolute Gasteiger partial charge is 0.312 e. The highest BCUT2D eigenvalue weighted by atomic mass is 14.9. The Labute approximate surface area is 113 Å². The average molecular weight is 251 g/mol. The SMILES string of the molecule is Cc1cc(C#N)ccc1CNCCc1ccccn1. The van der Waals surface area contributed by atoms with Crippen molar-refractivity contribution >= 4 is 0 Å². The topological polar surface area (TPSA) is 48.7 Å². The Kier molecular flexibility index (Phi) is 4.66. The lowest BCUT2D eigenvalue weighted by atomic mass is 10.1. The number of benzene rings is 1. The number of aryl methyl sites for hydroxylation is 1. The zero-order valence-electron chi connectivity index (χ0n) is 11.1. The summed E-state index contributed by atoms with van der Waals surface area (Å²) in [7, 11) is 0. The van der Waals surface area contributed by atoms with E-state index in [1.165, 1.54) is 5.56 Å². The van der Waals surface area contributed by atoms with Crippen molar-refractivity contribution in [3.05, 3.63) is 65.0 Å². The van der Waals surface area contributed by atoms with Gasteiger partial charge in [0.1, 0.15) is 0 Å². The molecule has 0 aliphatic carbocycles. The second-order valence-corrected chi connectivity index (χ2v) is 4.50. The molecule has 1 aromatic carbocycles. The molecular formula is C16H17N3. The maximum Gasteiger partial charge on any atom is 0.0991 e. The van der Waals surface area contributed by atoms with E-state index in [1.54, 1.807) is 0 Å². The first-order chi connectivity index (χ1) is 9.29. The van der Waals surface area contributed by atoms with Gasteiger partial charge in [-0.15, -0.1) is 0 Å². The summed E-state index contributed by atoms with van der Waals surface area (Å²) in [5, 5.41) is 12.2. The highest BCUT2D eigenvalue weighted by Gasteiger charge is 2.00. The van der Waals surface area contributed by atoms with E-state index in [0.29, 0.717) is 0 Å². The van der Waals surface area contributed by atoms with E-state index in [0.717, 1.165) is 36.3 Å². The number of aromatic nitrogens is 1. The van der Waals surface area contributed by atoms with Gasteiger partial charge in [-0.2, -0.15) is 5.26 Å². The number of nitrogens with one attached hydrogen (secondary N) is 1. The van der Waals surface area contributed by atoms with Gasteiger partial charge in [-0.05, 0) is 42.3 Å². The van der Waals surface area contributed by atoms with Crippen LogP contribution >= 0.6 is 0 Å². The van der Waals surface area contributed by atoms with E-state index < -0.39 is 0 Å². The number of nitriles is 1. The first-order valence-corrected chi connectivity index (χ1v) is 6.40. The molecule has 2 aromatic rings. The Bertz CT molecular complexity index is 570.